The molecule has 0 aromatic heterocycles. The summed E-state index contributed by atoms with van der Waals surface area (Å²) in [5, 5.41) is 3.51. The lowest BCUT2D eigenvalue weighted by Crippen LogP contribution is -2.28. The van der Waals surface area contributed by atoms with Crippen LogP contribution in [0.2, 0.25) is 0 Å². The standard InChI is InChI=1S/C27H22BrOP/c1-21-19-22(17-18-26(21)28)27(29)20-30(23-11-5-2-6-12-23,24-13-7-3-8-14-24)25-15-9-4-10-16-25/h2-20H,1H3. The Balaban J connectivity index is 2.05. The summed E-state index contributed by atoms with van der Waals surface area (Å²) in [6, 6.07) is 37.0. The molecule has 4 aromatic carbocycles. The predicted molar refractivity (Wildman–Crippen MR) is 134 cm³/mol. The average Bonchev–Trinajstić information content (AvgIpc) is 2.81. The van der Waals surface area contributed by atoms with Gasteiger partial charge in [0.05, 0.1) is 0 Å². The molecule has 0 aliphatic carbocycles. The highest BCUT2D eigenvalue weighted by Gasteiger charge is 2.26. The van der Waals surface area contributed by atoms with Gasteiger partial charge in [-0.25, -0.2) is 0 Å². The van der Waals surface area contributed by atoms with Crippen molar-refractivity contribution in [1.82, 2.24) is 0 Å². The fraction of sp³-hybridized carbons (Fsp3) is 0.0370. The minimum absolute atomic E-state index is 0.0514. The molecule has 0 saturated heterocycles. The lowest BCUT2D eigenvalue weighted by atomic mass is 10.1. The van der Waals surface area contributed by atoms with Crippen LogP contribution in [0.4, 0.5) is 0 Å². The molecule has 0 atom stereocenters. The first kappa shape index (κ1) is 20.6. The number of ketones is 1. The third kappa shape index (κ3) is 3.99. The third-order valence-corrected chi connectivity index (χ3v) is 10.1. The van der Waals surface area contributed by atoms with E-state index in [1.807, 2.05) is 49.1 Å². The zero-order valence-corrected chi connectivity index (χ0v) is 19.2. The number of Topliss-reactive ketones (excluding diaryl/α,β-unsaturated/α-hetero) is 1. The fourth-order valence-corrected chi connectivity index (χ4v) is 7.72. The molecule has 0 radical (unpaired) electrons. The molecule has 4 aromatic rings. The molecular weight excluding hydrogens is 451 g/mol. The van der Waals surface area contributed by atoms with Crippen LogP contribution in [0.1, 0.15) is 15.9 Å². The molecule has 1 nitrogen and oxygen atoms in total. The zero-order chi connectivity index (χ0) is 21.0. The number of rotatable bonds is 5. The van der Waals surface area contributed by atoms with E-state index in [-0.39, 0.29) is 5.78 Å². The lowest BCUT2D eigenvalue weighted by molar-refractivity contribution is 0.107. The van der Waals surface area contributed by atoms with Gasteiger partial charge in [-0.3, -0.25) is 4.79 Å². The highest BCUT2D eigenvalue weighted by atomic mass is 79.9. The van der Waals surface area contributed by atoms with Crippen LogP contribution in [0.15, 0.2) is 114 Å². The molecule has 4 rings (SSSR count). The van der Waals surface area contributed by atoms with Crippen LogP contribution < -0.4 is 15.9 Å². The summed E-state index contributed by atoms with van der Waals surface area (Å²) in [6.45, 7) is -0.279. The largest absolute Gasteiger partial charge is 0.289 e. The molecule has 0 aliphatic rings. The minimum atomic E-state index is -2.29. The Kier molecular flexibility index (Phi) is 6.18. The first-order valence-corrected chi connectivity index (χ1v) is 12.5. The first-order valence-electron chi connectivity index (χ1n) is 9.83. The number of hydrogen-bond acceptors (Lipinski definition) is 1. The molecule has 0 N–H and O–H groups in total. The van der Waals surface area contributed by atoms with E-state index >= 15 is 0 Å². The van der Waals surface area contributed by atoms with Crippen molar-refractivity contribution in [3.05, 3.63) is 125 Å². The van der Waals surface area contributed by atoms with E-state index in [9.17, 15) is 4.79 Å². The SMILES string of the molecule is Cc1cc(C(=O)C=P(c2ccccc2)(c2ccccc2)c2ccccc2)ccc1Br. The second-order valence-electron chi connectivity index (χ2n) is 7.19. The summed E-state index contributed by atoms with van der Waals surface area (Å²) in [5.41, 5.74) is 1.76. The average molecular weight is 473 g/mol. The summed E-state index contributed by atoms with van der Waals surface area (Å²) in [7, 11) is 0. The number of carbonyl (C=O) groups is 1. The van der Waals surface area contributed by atoms with Crippen molar-refractivity contribution in [2.45, 2.75) is 6.92 Å². The molecular formula is C27H22BrOP. The number of aryl methyl sites for hydroxylation is 1. The number of carbonyl (C=O) groups excluding carboxylic acids is 1. The van der Waals surface area contributed by atoms with Gasteiger partial charge in [0.2, 0.25) is 0 Å². The monoisotopic (exact) mass is 472 g/mol. The first-order chi connectivity index (χ1) is 14.6. The van der Waals surface area contributed by atoms with E-state index in [0.717, 1.165) is 10.0 Å². The van der Waals surface area contributed by atoms with Gasteiger partial charge in [0, 0.05) is 10.0 Å². The van der Waals surface area contributed by atoms with Crippen molar-refractivity contribution in [3.8, 4) is 0 Å². The second-order valence-corrected chi connectivity index (χ2v) is 11.3. The predicted octanol–water partition coefficient (Wildman–Crippen LogP) is 5.74. The van der Waals surface area contributed by atoms with Crippen molar-refractivity contribution in [3.63, 3.8) is 0 Å². The van der Waals surface area contributed by atoms with Gasteiger partial charge in [0.1, 0.15) is 0 Å². The number of hydrogen-bond donors (Lipinski definition) is 0. The van der Waals surface area contributed by atoms with E-state index in [4.69, 9.17) is 0 Å². The van der Waals surface area contributed by atoms with E-state index in [1.54, 1.807) is 0 Å². The van der Waals surface area contributed by atoms with E-state index in [1.165, 1.54) is 15.9 Å². The normalized spacial score (nSPS) is 11.1. The van der Waals surface area contributed by atoms with E-state index < -0.39 is 6.89 Å². The molecule has 0 fully saturated rings. The van der Waals surface area contributed by atoms with Gasteiger partial charge in [-0.05, 0) is 59.3 Å². The molecule has 0 spiro atoms. The van der Waals surface area contributed by atoms with Gasteiger partial charge in [0.15, 0.2) is 5.78 Å². The Morgan fingerprint density at radius 1 is 0.700 bits per heavy atom. The summed E-state index contributed by atoms with van der Waals surface area (Å²) in [5.74, 6) is 2.03. The number of halogens is 1. The minimum Gasteiger partial charge on any atom is -0.289 e. The molecule has 0 bridgehead atoms. The Bertz CT molecular complexity index is 1110. The summed E-state index contributed by atoms with van der Waals surface area (Å²) in [6.07, 6.45) is 0. The van der Waals surface area contributed by atoms with Gasteiger partial charge in [-0.2, -0.15) is 0 Å². The third-order valence-electron chi connectivity index (χ3n) is 5.24. The van der Waals surface area contributed by atoms with Crippen LogP contribution in [-0.4, -0.2) is 11.6 Å². The quantitative estimate of drug-likeness (QED) is 0.267. The van der Waals surface area contributed by atoms with Gasteiger partial charge >= 0.3 is 0 Å². The highest BCUT2D eigenvalue weighted by molar-refractivity contribution is 9.10. The van der Waals surface area contributed by atoms with E-state index in [0.29, 0.717) is 5.56 Å². The second kappa shape index (κ2) is 9.00. The molecule has 30 heavy (non-hydrogen) atoms. The molecule has 0 saturated carbocycles. The van der Waals surface area contributed by atoms with Crippen LogP contribution in [0.25, 0.3) is 0 Å². The van der Waals surface area contributed by atoms with Crippen molar-refractivity contribution in [1.29, 1.82) is 0 Å². The highest BCUT2D eigenvalue weighted by Crippen LogP contribution is 2.43. The maximum atomic E-state index is 13.6. The maximum absolute atomic E-state index is 13.6. The van der Waals surface area contributed by atoms with Gasteiger partial charge < -0.3 is 0 Å². The summed E-state index contributed by atoms with van der Waals surface area (Å²) in [4.78, 5) is 13.6. The van der Waals surface area contributed by atoms with Crippen molar-refractivity contribution in [2.75, 3.05) is 0 Å². The Morgan fingerprint density at radius 2 is 1.13 bits per heavy atom. The number of benzene rings is 4. The van der Waals surface area contributed by atoms with Crippen LogP contribution in [0.3, 0.4) is 0 Å². The van der Waals surface area contributed by atoms with Gasteiger partial charge in [0.25, 0.3) is 0 Å². The molecule has 0 amide bonds. The van der Waals surface area contributed by atoms with E-state index in [2.05, 4.69) is 88.7 Å². The zero-order valence-electron chi connectivity index (χ0n) is 16.7. The van der Waals surface area contributed by atoms with Gasteiger partial charge in [-0.15, -0.1) is 0 Å². The van der Waals surface area contributed by atoms with Crippen molar-refractivity contribution in [2.24, 2.45) is 0 Å². The lowest BCUT2D eigenvalue weighted by Gasteiger charge is -2.28. The Hall–Kier alpha value is -2.67. The topological polar surface area (TPSA) is 17.1 Å². The Morgan fingerprint density at radius 3 is 1.53 bits per heavy atom. The van der Waals surface area contributed by atoms with Crippen molar-refractivity contribution >= 4 is 50.3 Å². The smallest absolute Gasteiger partial charge is 0.186 e. The summed E-state index contributed by atoms with van der Waals surface area (Å²) < 4.78 is 1.01. The fourth-order valence-electron chi connectivity index (χ4n) is 3.71. The van der Waals surface area contributed by atoms with Crippen LogP contribution in [-0.2, 0) is 0 Å². The molecule has 0 unspecified atom stereocenters. The molecule has 3 heteroatoms. The molecule has 0 heterocycles. The van der Waals surface area contributed by atoms with Crippen LogP contribution >= 0.6 is 22.8 Å². The molecule has 148 valence electrons. The van der Waals surface area contributed by atoms with Gasteiger partial charge in [-0.1, -0.05) is 107 Å². The van der Waals surface area contributed by atoms with Crippen LogP contribution in [0.5, 0.6) is 0 Å². The summed E-state index contributed by atoms with van der Waals surface area (Å²) >= 11 is 3.54. The molecule has 0 aliphatic heterocycles. The van der Waals surface area contributed by atoms with Crippen LogP contribution in [0, 0.1) is 6.92 Å². The van der Waals surface area contributed by atoms with Crippen molar-refractivity contribution < 1.29 is 4.79 Å². The maximum Gasteiger partial charge on any atom is 0.186 e. The Labute approximate surface area is 186 Å².